The highest BCUT2D eigenvalue weighted by molar-refractivity contribution is 9.08. The van der Waals surface area contributed by atoms with Crippen molar-refractivity contribution in [3.05, 3.63) is 29.8 Å². The van der Waals surface area contributed by atoms with E-state index in [1.807, 2.05) is 0 Å². The van der Waals surface area contributed by atoms with Crippen LogP contribution in [0.15, 0.2) is 24.3 Å². The van der Waals surface area contributed by atoms with Crippen LogP contribution in [-0.4, -0.2) is 12.6 Å². The van der Waals surface area contributed by atoms with Gasteiger partial charge in [-0.1, -0.05) is 41.1 Å². The quantitative estimate of drug-likeness (QED) is 0.735. The second-order valence-corrected chi connectivity index (χ2v) is 5.51. The molecule has 1 heterocycles. The maximum atomic E-state index is 3.58. The summed E-state index contributed by atoms with van der Waals surface area (Å²) in [5, 5.41) is 0.945. The molecule has 1 aliphatic heterocycles. The fourth-order valence-electron chi connectivity index (χ4n) is 2.53. The van der Waals surface area contributed by atoms with Gasteiger partial charge in [0.05, 0.1) is 0 Å². The molecule has 0 radical (unpaired) electrons. The van der Waals surface area contributed by atoms with E-state index in [1.54, 1.807) is 0 Å². The van der Waals surface area contributed by atoms with Crippen LogP contribution >= 0.6 is 15.9 Å². The van der Waals surface area contributed by atoms with E-state index in [2.05, 4.69) is 58.9 Å². The summed E-state index contributed by atoms with van der Waals surface area (Å²) in [6.07, 6.45) is 2.69. The summed E-state index contributed by atoms with van der Waals surface area (Å²) >= 11 is 3.58. The summed E-state index contributed by atoms with van der Waals surface area (Å²) in [6, 6.07) is 9.42. The predicted octanol–water partition coefficient (Wildman–Crippen LogP) is 4.21. The van der Waals surface area contributed by atoms with Crippen LogP contribution in [0.5, 0.6) is 0 Å². The maximum absolute atomic E-state index is 3.58. The summed E-state index contributed by atoms with van der Waals surface area (Å²) in [5.74, 6) is 0.819. The van der Waals surface area contributed by atoms with Gasteiger partial charge in [0.2, 0.25) is 0 Å². The van der Waals surface area contributed by atoms with Crippen LogP contribution in [-0.2, 0) is 5.33 Å². The first-order chi connectivity index (χ1) is 7.72. The van der Waals surface area contributed by atoms with Crippen molar-refractivity contribution < 1.29 is 0 Å². The number of nitrogens with zero attached hydrogens (tertiary/aromatic N) is 1. The molecule has 1 saturated heterocycles. The van der Waals surface area contributed by atoms with Crippen molar-refractivity contribution in [3.63, 3.8) is 0 Å². The molecule has 1 aromatic carbocycles. The summed E-state index contributed by atoms with van der Waals surface area (Å²) in [4.78, 5) is 2.57. The number of alkyl halides is 1. The zero-order valence-corrected chi connectivity index (χ0v) is 11.7. The Balaban J connectivity index is 2.27. The number of halogens is 1. The van der Waals surface area contributed by atoms with Crippen molar-refractivity contribution in [1.82, 2.24) is 0 Å². The van der Waals surface area contributed by atoms with Crippen LogP contribution in [0.25, 0.3) is 0 Å². The fourth-order valence-corrected chi connectivity index (χ4v) is 3.00. The summed E-state index contributed by atoms with van der Waals surface area (Å²) in [7, 11) is 0. The lowest BCUT2D eigenvalue weighted by Gasteiger charge is -2.39. The van der Waals surface area contributed by atoms with Crippen molar-refractivity contribution in [2.24, 2.45) is 5.92 Å². The van der Waals surface area contributed by atoms with Crippen LogP contribution in [0.2, 0.25) is 0 Å². The zero-order valence-electron chi connectivity index (χ0n) is 10.1. The first-order valence-corrected chi connectivity index (χ1v) is 7.25. The molecule has 0 aliphatic carbocycles. The molecule has 88 valence electrons. The van der Waals surface area contributed by atoms with Gasteiger partial charge in [-0.25, -0.2) is 0 Å². The van der Waals surface area contributed by atoms with Crippen LogP contribution in [0.3, 0.4) is 0 Å². The lowest BCUT2D eigenvalue weighted by atomic mass is 9.94. The molecule has 0 bridgehead atoms. The molecule has 0 aromatic heterocycles. The first kappa shape index (κ1) is 12.0. The number of benzene rings is 1. The normalized spacial score (nSPS) is 25.8. The molecule has 2 unspecified atom stereocenters. The minimum Gasteiger partial charge on any atom is -0.368 e. The zero-order chi connectivity index (χ0) is 11.5. The van der Waals surface area contributed by atoms with Gasteiger partial charge in [0.1, 0.15) is 0 Å². The van der Waals surface area contributed by atoms with E-state index < -0.39 is 0 Å². The van der Waals surface area contributed by atoms with E-state index in [0.717, 1.165) is 11.2 Å². The van der Waals surface area contributed by atoms with Gasteiger partial charge in [0.15, 0.2) is 0 Å². The van der Waals surface area contributed by atoms with Gasteiger partial charge in [-0.05, 0) is 37.3 Å². The van der Waals surface area contributed by atoms with E-state index in [4.69, 9.17) is 0 Å². The molecule has 2 rings (SSSR count). The third kappa shape index (κ3) is 2.42. The van der Waals surface area contributed by atoms with Crippen LogP contribution in [0, 0.1) is 5.92 Å². The minimum absolute atomic E-state index is 0.677. The van der Waals surface area contributed by atoms with Crippen molar-refractivity contribution in [3.8, 4) is 0 Å². The molecule has 16 heavy (non-hydrogen) atoms. The van der Waals surface area contributed by atoms with Gasteiger partial charge >= 0.3 is 0 Å². The van der Waals surface area contributed by atoms with Crippen LogP contribution < -0.4 is 4.90 Å². The third-order valence-corrected chi connectivity index (χ3v) is 4.17. The molecule has 0 saturated carbocycles. The lowest BCUT2D eigenvalue weighted by molar-refractivity contribution is 0.390. The van der Waals surface area contributed by atoms with Gasteiger partial charge in [0, 0.05) is 23.6 Å². The van der Waals surface area contributed by atoms with Gasteiger partial charge in [0.25, 0.3) is 0 Å². The van der Waals surface area contributed by atoms with E-state index in [9.17, 15) is 0 Å². The van der Waals surface area contributed by atoms with E-state index >= 15 is 0 Å². The van der Waals surface area contributed by atoms with E-state index in [1.165, 1.54) is 30.6 Å². The molecular formula is C14H20BrN. The van der Waals surface area contributed by atoms with Crippen molar-refractivity contribution in [1.29, 1.82) is 0 Å². The number of hydrogen-bond donors (Lipinski definition) is 0. The Labute approximate surface area is 107 Å². The highest BCUT2D eigenvalue weighted by Crippen LogP contribution is 2.30. The molecule has 2 heteroatoms. The summed E-state index contributed by atoms with van der Waals surface area (Å²) in [5.41, 5.74) is 2.82. The highest BCUT2D eigenvalue weighted by atomic mass is 79.9. The fraction of sp³-hybridized carbons (Fsp3) is 0.571. The predicted molar refractivity (Wildman–Crippen MR) is 74.3 cm³/mol. The molecule has 0 amide bonds. The summed E-state index contributed by atoms with van der Waals surface area (Å²) in [6.45, 7) is 5.90. The largest absolute Gasteiger partial charge is 0.368 e. The molecule has 0 spiro atoms. The monoisotopic (exact) mass is 281 g/mol. The number of para-hydroxylation sites is 1. The van der Waals surface area contributed by atoms with Crippen LogP contribution in [0.4, 0.5) is 5.69 Å². The smallest absolute Gasteiger partial charge is 0.0409 e. The lowest BCUT2D eigenvalue weighted by Crippen LogP contribution is -2.41. The Bertz CT molecular complexity index is 350. The van der Waals surface area contributed by atoms with Crippen molar-refractivity contribution >= 4 is 21.6 Å². The second-order valence-electron chi connectivity index (χ2n) is 4.95. The molecule has 1 aliphatic rings. The van der Waals surface area contributed by atoms with Gasteiger partial charge in [-0.15, -0.1) is 0 Å². The molecular weight excluding hydrogens is 262 g/mol. The Morgan fingerprint density at radius 1 is 1.25 bits per heavy atom. The maximum Gasteiger partial charge on any atom is 0.0409 e. The van der Waals surface area contributed by atoms with Crippen LogP contribution in [0.1, 0.15) is 32.3 Å². The topological polar surface area (TPSA) is 3.24 Å². The van der Waals surface area contributed by atoms with E-state index in [0.29, 0.717) is 6.04 Å². The summed E-state index contributed by atoms with van der Waals surface area (Å²) < 4.78 is 0. The second kappa shape index (κ2) is 5.22. The number of piperidine rings is 1. The SMILES string of the molecule is CC1CCC(C)N(c2ccccc2CBr)C1. The Hall–Kier alpha value is -0.500. The Kier molecular flexibility index (Phi) is 3.91. The highest BCUT2D eigenvalue weighted by Gasteiger charge is 2.24. The molecule has 2 atom stereocenters. The Morgan fingerprint density at radius 3 is 2.75 bits per heavy atom. The van der Waals surface area contributed by atoms with Gasteiger partial charge in [-0.3, -0.25) is 0 Å². The number of anilines is 1. The molecule has 1 nitrogen and oxygen atoms in total. The first-order valence-electron chi connectivity index (χ1n) is 6.13. The minimum atomic E-state index is 0.677. The van der Waals surface area contributed by atoms with Crippen molar-refractivity contribution in [2.45, 2.75) is 38.1 Å². The molecule has 0 N–H and O–H groups in total. The number of hydrogen-bond acceptors (Lipinski definition) is 1. The van der Waals surface area contributed by atoms with Crippen molar-refractivity contribution in [2.75, 3.05) is 11.4 Å². The van der Waals surface area contributed by atoms with Gasteiger partial charge in [-0.2, -0.15) is 0 Å². The molecule has 1 fully saturated rings. The Morgan fingerprint density at radius 2 is 2.00 bits per heavy atom. The standard InChI is InChI=1S/C14H20BrN/c1-11-7-8-12(2)16(10-11)14-6-4-3-5-13(14)9-15/h3-6,11-12H,7-10H2,1-2H3. The average molecular weight is 282 g/mol. The number of rotatable bonds is 2. The third-order valence-electron chi connectivity index (χ3n) is 3.56. The van der Waals surface area contributed by atoms with Gasteiger partial charge < -0.3 is 4.90 Å². The average Bonchev–Trinajstić information content (AvgIpc) is 2.32. The van der Waals surface area contributed by atoms with E-state index in [-0.39, 0.29) is 0 Å². The molecule has 1 aromatic rings.